The average molecular weight is 317 g/mol. The molecule has 2 heterocycles. The van der Waals surface area contributed by atoms with E-state index in [-0.39, 0.29) is 13.4 Å². The summed E-state index contributed by atoms with van der Waals surface area (Å²) in [7, 11) is 2.65. The number of fused-ring (bicyclic) bond motifs is 1. The second-order valence-corrected chi connectivity index (χ2v) is 5.33. The van der Waals surface area contributed by atoms with Gasteiger partial charge in [0.2, 0.25) is 0 Å². The number of carbonyl (C=O) groups excluding carboxylic acids is 1. The van der Waals surface area contributed by atoms with E-state index < -0.39 is 35.8 Å². The lowest BCUT2D eigenvalue weighted by Crippen LogP contribution is -2.48. The molecule has 2 saturated heterocycles. The highest BCUT2D eigenvalue weighted by molar-refractivity contribution is 5.81. The van der Waals surface area contributed by atoms with Gasteiger partial charge in [-0.2, -0.15) is 0 Å². The third-order valence-electron chi connectivity index (χ3n) is 3.37. The van der Waals surface area contributed by atoms with Gasteiger partial charge in [-0.25, -0.2) is 4.79 Å². The van der Waals surface area contributed by atoms with E-state index >= 15 is 0 Å². The minimum Gasteiger partial charge on any atom is -0.467 e. The van der Waals surface area contributed by atoms with Crippen LogP contribution in [0.3, 0.4) is 0 Å². The molecule has 2 rings (SSSR count). The summed E-state index contributed by atoms with van der Waals surface area (Å²) < 4.78 is 31.8. The second kappa shape index (κ2) is 6.37. The Hall–Kier alpha value is -1.42. The first-order chi connectivity index (χ1) is 10.4. The Bertz CT molecular complexity index is 479. The molecule has 10 nitrogen and oxygen atoms in total. The molecule has 2 fully saturated rings. The number of carbonyl (C=O) groups is 1. The molecule has 2 aliphatic rings. The SMILES string of the molecule is COCOC[C@H]1O[C@@](N=[N+]=[N-])(C(=O)OC)[C@@H]2OC(C)(C)O[C@@H]21. The van der Waals surface area contributed by atoms with E-state index in [4.69, 9.17) is 34.0 Å². The van der Waals surface area contributed by atoms with E-state index in [9.17, 15) is 4.79 Å². The number of methoxy groups -OCH3 is 2. The van der Waals surface area contributed by atoms with Crippen molar-refractivity contribution in [3.8, 4) is 0 Å². The highest BCUT2D eigenvalue weighted by Gasteiger charge is 2.67. The molecule has 22 heavy (non-hydrogen) atoms. The van der Waals surface area contributed by atoms with Crippen LogP contribution in [0.25, 0.3) is 10.4 Å². The summed E-state index contributed by atoms with van der Waals surface area (Å²) in [5, 5.41) is 3.50. The summed E-state index contributed by atoms with van der Waals surface area (Å²) in [6.45, 7) is 3.51. The van der Waals surface area contributed by atoms with E-state index in [1.54, 1.807) is 13.8 Å². The first-order valence-corrected chi connectivity index (χ1v) is 6.65. The zero-order valence-electron chi connectivity index (χ0n) is 12.8. The largest absolute Gasteiger partial charge is 0.467 e. The second-order valence-electron chi connectivity index (χ2n) is 5.33. The van der Waals surface area contributed by atoms with Crippen molar-refractivity contribution in [3.63, 3.8) is 0 Å². The predicted octanol–water partition coefficient (Wildman–Crippen LogP) is 0.705. The van der Waals surface area contributed by atoms with Gasteiger partial charge in [0.15, 0.2) is 5.79 Å². The molecule has 0 spiro atoms. The fourth-order valence-corrected chi connectivity index (χ4v) is 2.60. The van der Waals surface area contributed by atoms with Gasteiger partial charge in [0, 0.05) is 12.0 Å². The monoisotopic (exact) mass is 317 g/mol. The van der Waals surface area contributed by atoms with Crippen LogP contribution in [0.1, 0.15) is 13.8 Å². The highest BCUT2D eigenvalue weighted by Crippen LogP contribution is 2.45. The summed E-state index contributed by atoms with van der Waals surface area (Å²) in [5.74, 6) is -1.81. The minimum absolute atomic E-state index is 0.0498. The van der Waals surface area contributed by atoms with E-state index in [1.165, 1.54) is 14.2 Å². The Morgan fingerprint density at radius 2 is 2.05 bits per heavy atom. The maximum absolute atomic E-state index is 12.1. The molecule has 0 radical (unpaired) electrons. The summed E-state index contributed by atoms with van der Waals surface area (Å²) in [5.41, 5.74) is 6.87. The molecule has 0 aliphatic carbocycles. The van der Waals surface area contributed by atoms with E-state index in [0.717, 1.165) is 0 Å². The molecule has 0 amide bonds. The Morgan fingerprint density at radius 1 is 1.32 bits per heavy atom. The van der Waals surface area contributed by atoms with Crippen molar-refractivity contribution in [2.45, 2.75) is 43.7 Å². The summed E-state index contributed by atoms with van der Waals surface area (Å²) in [6.07, 6.45) is -2.25. The molecule has 0 aromatic carbocycles. The molecule has 0 bridgehead atoms. The van der Waals surface area contributed by atoms with Gasteiger partial charge in [-0.1, -0.05) is 0 Å². The minimum atomic E-state index is -1.94. The van der Waals surface area contributed by atoms with Crippen LogP contribution in [0.4, 0.5) is 0 Å². The van der Waals surface area contributed by atoms with Crippen LogP contribution in [0.2, 0.25) is 0 Å². The zero-order valence-corrected chi connectivity index (χ0v) is 12.8. The standard InChI is InChI=1S/C12H19N3O7/c1-11(2)21-8-7(5-19-6-17-3)20-12(14-15-13,9(8)22-11)10(16)18-4/h7-9H,5-6H2,1-4H3/t7-,8-,9-,12-/m1/s1. The van der Waals surface area contributed by atoms with Gasteiger partial charge in [0.25, 0.3) is 5.72 Å². The van der Waals surface area contributed by atoms with Crippen LogP contribution in [0, 0.1) is 0 Å². The molecule has 0 N–H and O–H groups in total. The average Bonchev–Trinajstić information content (AvgIpc) is 2.93. The van der Waals surface area contributed by atoms with Gasteiger partial charge in [-0.05, 0) is 24.5 Å². The molecule has 124 valence electrons. The maximum atomic E-state index is 12.1. The number of rotatable bonds is 6. The lowest BCUT2D eigenvalue weighted by atomic mass is 10.0. The van der Waals surface area contributed by atoms with Crippen molar-refractivity contribution >= 4 is 5.97 Å². The number of azide groups is 1. The number of esters is 1. The topological polar surface area (TPSA) is 121 Å². The third-order valence-corrected chi connectivity index (χ3v) is 3.37. The fourth-order valence-electron chi connectivity index (χ4n) is 2.60. The van der Waals surface area contributed by atoms with E-state index in [0.29, 0.717) is 0 Å². The first kappa shape index (κ1) is 16.9. The fraction of sp³-hybridized carbons (Fsp3) is 0.917. The highest BCUT2D eigenvalue weighted by atomic mass is 16.8. The third kappa shape index (κ3) is 2.89. The van der Waals surface area contributed by atoms with Gasteiger partial charge >= 0.3 is 5.97 Å². The Labute approximate surface area is 127 Å². The molecule has 0 saturated carbocycles. The summed E-state index contributed by atoms with van der Waals surface area (Å²) >= 11 is 0. The van der Waals surface area contributed by atoms with Crippen LogP contribution in [0.5, 0.6) is 0 Å². The zero-order chi connectivity index (χ0) is 16.4. The van der Waals surface area contributed by atoms with Crippen molar-refractivity contribution in [3.05, 3.63) is 10.4 Å². The lowest BCUT2D eigenvalue weighted by molar-refractivity contribution is -0.223. The summed E-state index contributed by atoms with van der Waals surface area (Å²) in [4.78, 5) is 14.8. The molecule has 0 aromatic rings. The number of ether oxygens (including phenoxy) is 6. The molecule has 0 unspecified atom stereocenters. The lowest BCUT2D eigenvalue weighted by Gasteiger charge is -2.28. The number of hydrogen-bond donors (Lipinski definition) is 0. The summed E-state index contributed by atoms with van der Waals surface area (Å²) in [6, 6.07) is 0. The Morgan fingerprint density at radius 3 is 2.64 bits per heavy atom. The van der Waals surface area contributed by atoms with Crippen molar-refractivity contribution in [1.29, 1.82) is 0 Å². The number of hydrogen-bond acceptors (Lipinski definition) is 8. The van der Waals surface area contributed by atoms with E-state index in [2.05, 4.69) is 10.0 Å². The maximum Gasteiger partial charge on any atom is 0.347 e. The number of nitrogens with zero attached hydrogens (tertiary/aromatic N) is 3. The normalized spacial score (nSPS) is 35.7. The van der Waals surface area contributed by atoms with Crippen LogP contribution < -0.4 is 0 Å². The van der Waals surface area contributed by atoms with Crippen molar-refractivity contribution in [2.75, 3.05) is 27.6 Å². The molecular weight excluding hydrogens is 298 g/mol. The first-order valence-electron chi connectivity index (χ1n) is 6.65. The molecule has 0 aromatic heterocycles. The van der Waals surface area contributed by atoms with Crippen LogP contribution in [-0.4, -0.2) is 63.4 Å². The van der Waals surface area contributed by atoms with Crippen LogP contribution in [0.15, 0.2) is 5.11 Å². The van der Waals surface area contributed by atoms with Gasteiger partial charge in [0.05, 0.1) is 13.7 Å². The molecular formula is C12H19N3O7. The molecule has 10 heteroatoms. The van der Waals surface area contributed by atoms with Gasteiger partial charge in [-0.15, -0.1) is 0 Å². The van der Waals surface area contributed by atoms with Crippen molar-refractivity contribution in [2.24, 2.45) is 5.11 Å². The van der Waals surface area contributed by atoms with Crippen molar-refractivity contribution < 1.29 is 33.2 Å². The van der Waals surface area contributed by atoms with Crippen LogP contribution >= 0.6 is 0 Å². The quantitative estimate of drug-likeness (QED) is 0.176. The Balaban J connectivity index is 2.30. The van der Waals surface area contributed by atoms with Crippen LogP contribution in [-0.2, 0) is 33.2 Å². The Kier molecular flexibility index (Phi) is 4.90. The van der Waals surface area contributed by atoms with Gasteiger partial charge in [-0.3, -0.25) is 0 Å². The smallest absolute Gasteiger partial charge is 0.347 e. The van der Waals surface area contributed by atoms with Gasteiger partial charge in [0.1, 0.15) is 25.1 Å². The molecule has 2 aliphatic heterocycles. The molecule has 4 atom stereocenters. The predicted molar refractivity (Wildman–Crippen MR) is 70.4 cm³/mol. The van der Waals surface area contributed by atoms with Gasteiger partial charge < -0.3 is 28.4 Å². The van der Waals surface area contributed by atoms with Crippen molar-refractivity contribution in [1.82, 2.24) is 0 Å². The van der Waals surface area contributed by atoms with E-state index in [1.807, 2.05) is 0 Å².